The van der Waals surface area contributed by atoms with Crippen LogP contribution in [0.3, 0.4) is 0 Å². The Hall–Kier alpha value is -0.730. The van der Waals surface area contributed by atoms with Gasteiger partial charge in [0.25, 0.3) is 0 Å². The molecule has 0 saturated heterocycles. The lowest BCUT2D eigenvalue weighted by atomic mass is 9.70. The SMILES string of the molecule is CCC1CCC(C2CCC(OC(=O)O)CC2)CC1. The molecule has 0 radical (unpaired) electrons. The zero-order chi connectivity index (χ0) is 13.0. The normalized spacial score (nSPS) is 37.2. The summed E-state index contributed by atoms with van der Waals surface area (Å²) < 4.78 is 4.88. The highest BCUT2D eigenvalue weighted by molar-refractivity contribution is 5.57. The quantitative estimate of drug-likeness (QED) is 0.756. The van der Waals surface area contributed by atoms with E-state index < -0.39 is 6.16 Å². The summed E-state index contributed by atoms with van der Waals surface area (Å²) in [5.74, 6) is 2.70. The van der Waals surface area contributed by atoms with Crippen molar-refractivity contribution in [1.29, 1.82) is 0 Å². The van der Waals surface area contributed by atoms with Gasteiger partial charge in [0.15, 0.2) is 0 Å². The molecule has 3 nitrogen and oxygen atoms in total. The van der Waals surface area contributed by atoms with E-state index in [2.05, 4.69) is 6.92 Å². The molecule has 2 rings (SSSR count). The smallest absolute Gasteiger partial charge is 0.450 e. The van der Waals surface area contributed by atoms with Crippen molar-refractivity contribution in [1.82, 2.24) is 0 Å². The maximum absolute atomic E-state index is 10.5. The number of hydrogen-bond donors (Lipinski definition) is 1. The van der Waals surface area contributed by atoms with Gasteiger partial charge in [0.1, 0.15) is 6.10 Å². The van der Waals surface area contributed by atoms with Crippen LogP contribution in [0.2, 0.25) is 0 Å². The Balaban J connectivity index is 1.71. The van der Waals surface area contributed by atoms with E-state index in [0.29, 0.717) is 0 Å². The van der Waals surface area contributed by atoms with Gasteiger partial charge in [0.05, 0.1) is 0 Å². The molecule has 0 unspecified atom stereocenters. The highest BCUT2D eigenvalue weighted by Gasteiger charge is 2.31. The van der Waals surface area contributed by atoms with E-state index in [9.17, 15) is 4.79 Å². The number of carbonyl (C=O) groups is 1. The average molecular weight is 254 g/mol. The standard InChI is InChI=1S/C15H26O3/c1-2-11-3-5-12(6-4-11)13-7-9-14(10-8-13)18-15(16)17/h11-14H,2-10H2,1H3,(H,16,17). The molecule has 0 aromatic carbocycles. The molecule has 18 heavy (non-hydrogen) atoms. The Bertz CT molecular complexity index is 261. The van der Waals surface area contributed by atoms with E-state index in [1.807, 2.05) is 0 Å². The summed E-state index contributed by atoms with van der Waals surface area (Å²) in [5.41, 5.74) is 0. The molecule has 104 valence electrons. The second-order valence-electron chi connectivity index (χ2n) is 6.11. The summed E-state index contributed by atoms with van der Waals surface area (Å²) >= 11 is 0. The first-order chi connectivity index (χ1) is 8.69. The molecule has 0 aliphatic heterocycles. The Morgan fingerprint density at radius 2 is 1.50 bits per heavy atom. The zero-order valence-electron chi connectivity index (χ0n) is 11.4. The van der Waals surface area contributed by atoms with E-state index in [1.165, 1.54) is 44.9 Å². The average Bonchev–Trinajstić information content (AvgIpc) is 2.39. The molecular weight excluding hydrogens is 228 g/mol. The fourth-order valence-electron chi connectivity index (χ4n) is 3.89. The van der Waals surface area contributed by atoms with Gasteiger partial charge < -0.3 is 9.84 Å². The Kier molecular flexibility index (Phi) is 4.90. The third-order valence-corrected chi connectivity index (χ3v) is 5.12. The van der Waals surface area contributed by atoms with Crippen LogP contribution in [0, 0.1) is 17.8 Å². The molecule has 0 aromatic heterocycles. The monoisotopic (exact) mass is 254 g/mol. The molecule has 0 amide bonds. The molecule has 3 heteroatoms. The summed E-state index contributed by atoms with van der Waals surface area (Å²) in [7, 11) is 0. The minimum atomic E-state index is -1.11. The third kappa shape index (κ3) is 3.63. The lowest BCUT2D eigenvalue weighted by Gasteiger charge is -2.37. The predicted octanol–water partition coefficient (Wildman–Crippen LogP) is 4.46. The van der Waals surface area contributed by atoms with Crippen LogP contribution in [-0.2, 0) is 4.74 Å². The van der Waals surface area contributed by atoms with Crippen molar-refractivity contribution in [3.8, 4) is 0 Å². The van der Waals surface area contributed by atoms with E-state index in [1.54, 1.807) is 0 Å². The Morgan fingerprint density at radius 1 is 1.00 bits per heavy atom. The van der Waals surface area contributed by atoms with Crippen LogP contribution in [-0.4, -0.2) is 17.4 Å². The highest BCUT2D eigenvalue weighted by Crippen LogP contribution is 2.41. The minimum absolute atomic E-state index is 0.0364. The number of rotatable bonds is 3. The third-order valence-electron chi connectivity index (χ3n) is 5.12. The van der Waals surface area contributed by atoms with Crippen LogP contribution in [0.25, 0.3) is 0 Å². The van der Waals surface area contributed by atoms with Gasteiger partial charge in [-0.15, -0.1) is 0 Å². The van der Waals surface area contributed by atoms with Crippen molar-refractivity contribution in [2.75, 3.05) is 0 Å². The van der Waals surface area contributed by atoms with Crippen LogP contribution in [0.15, 0.2) is 0 Å². The summed E-state index contributed by atoms with van der Waals surface area (Å²) in [6, 6.07) is 0. The van der Waals surface area contributed by atoms with E-state index in [0.717, 1.165) is 30.6 Å². The second kappa shape index (κ2) is 6.44. The fraction of sp³-hybridized carbons (Fsp3) is 0.933. The molecular formula is C15H26O3. The van der Waals surface area contributed by atoms with Gasteiger partial charge in [0.2, 0.25) is 0 Å². The van der Waals surface area contributed by atoms with Crippen LogP contribution in [0.4, 0.5) is 4.79 Å². The van der Waals surface area contributed by atoms with Gasteiger partial charge in [-0.05, 0) is 56.3 Å². The van der Waals surface area contributed by atoms with Crippen molar-refractivity contribution in [2.45, 2.75) is 70.8 Å². The van der Waals surface area contributed by atoms with Crippen LogP contribution < -0.4 is 0 Å². The van der Waals surface area contributed by atoms with Gasteiger partial charge in [-0.1, -0.05) is 26.2 Å². The molecule has 0 spiro atoms. The molecule has 0 heterocycles. The van der Waals surface area contributed by atoms with Gasteiger partial charge in [-0.2, -0.15) is 0 Å². The first kappa shape index (κ1) is 13.7. The zero-order valence-corrected chi connectivity index (χ0v) is 11.4. The number of carboxylic acid groups (broad SMARTS) is 1. The first-order valence-electron chi connectivity index (χ1n) is 7.58. The summed E-state index contributed by atoms with van der Waals surface area (Å²) in [6.45, 7) is 2.30. The molecule has 0 bridgehead atoms. The lowest BCUT2D eigenvalue weighted by molar-refractivity contribution is 0.0192. The van der Waals surface area contributed by atoms with Gasteiger partial charge in [-0.25, -0.2) is 4.79 Å². The lowest BCUT2D eigenvalue weighted by Crippen LogP contribution is -2.29. The summed E-state index contributed by atoms with van der Waals surface area (Å²) in [5, 5.41) is 8.61. The van der Waals surface area contributed by atoms with Crippen molar-refractivity contribution in [2.24, 2.45) is 17.8 Å². The Morgan fingerprint density at radius 3 is 1.94 bits per heavy atom. The van der Waals surface area contributed by atoms with E-state index >= 15 is 0 Å². The topological polar surface area (TPSA) is 46.5 Å². The molecule has 2 saturated carbocycles. The summed E-state index contributed by atoms with van der Waals surface area (Å²) in [4.78, 5) is 10.5. The van der Waals surface area contributed by atoms with Crippen LogP contribution in [0.1, 0.15) is 64.7 Å². The van der Waals surface area contributed by atoms with Gasteiger partial charge >= 0.3 is 6.16 Å². The largest absolute Gasteiger partial charge is 0.506 e. The van der Waals surface area contributed by atoms with Crippen molar-refractivity contribution in [3.63, 3.8) is 0 Å². The van der Waals surface area contributed by atoms with Gasteiger partial charge in [-0.3, -0.25) is 0 Å². The Labute approximate surface area is 110 Å². The van der Waals surface area contributed by atoms with Crippen molar-refractivity contribution >= 4 is 6.16 Å². The summed E-state index contributed by atoms with van der Waals surface area (Å²) in [6.07, 6.45) is 10.0. The van der Waals surface area contributed by atoms with Gasteiger partial charge in [0, 0.05) is 0 Å². The fourth-order valence-corrected chi connectivity index (χ4v) is 3.89. The molecule has 0 atom stereocenters. The molecule has 1 N–H and O–H groups in total. The van der Waals surface area contributed by atoms with E-state index in [-0.39, 0.29) is 6.10 Å². The number of ether oxygens (including phenoxy) is 1. The van der Waals surface area contributed by atoms with Crippen molar-refractivity contribution in [3.05, 3.63) is 0 Å². The predicted molar refractivity (Wildman–Crippen MR) is 70.6 cm³/mol. The molecule has 2 fully saturated rings. The first-order valence-corrected chi connectivity index (χ1v) is 7.58. The molecule has 2 aliphatic rings. The van der Waals surface area contributed by atoms with Crippen LogP contribution in [0.5, 0.6) is 0 Å². The molecule has 2 aliphatic carbocycles. The second-order valence-corrected chi connectivity index (χ2v) is 6.11. The number of hydrogen-bond acceptors (Lipinski definition) is 2. The maximum Gasteiger partial charge on any atom is 0.506 e. The van der Waals surface area contributed by atoms with Crippen molar-refractivity contribution < 1.29 is 14.6 Å². The van der Waals surface area contributed by atoms with E-state index in [4.69, 9.17) is 9.84 Å². The maximum atomic E-state index is 10.5. The molecule has 0 aromatic rings. The highest BCUT2D eigenvalue weighted by atomic mass is 16.7. The minimum Gasteiger partial charge on any atom is -0.450 e. The van der Waals surface area contributed by atoms with Crippen LogP contribution >= 0.6 is 0 Å².